The first kappa shape index (κ1) is 19.4. The van der Waals surface area contributed by atoms with Crippen molar-refractivity contribution in [2.45, 2.75) is 0 Å². The molecule has 0 spiro atoms. The number of amides is 2. The summed E-state index contributed by atoms with van der Waals surface area (Å²) in [7, 11) is 0. The van der Waals surface area contributed by atoms with Gasteiger partial charge in [0.1, 0.15) is 11.5 Å². The molecule has 1 aromatic heterocycles. The van der Waals surface area contributed by atoms with Crippen molar-refractivity contribution in [3.05, 3.63) is 87.4 Å². The van der Waals surface area contributed by atoms with E-state index in [-0.39, 0.29) is 17.2 Å². The summed E-state index contributed by atoms with van der Waals surface area (Å²) in [6, 6.07) is 19.9. The van der Waals surface area contributed by atoms with Crippen LogP contribution in [0.25, 0.3) is 17.4 Å². The van der Waals surface area contributed by atoms with Crippen molar-refractivity contribution in [1.29, 1.82) is 0 Å². The van der Waals surface area contributed by atoms with Crippen LogP contribution in [0, 0.1) is 0 Å². The highest BCUT2D eigenvalue weighted by molar-refractivity contribution is 9.10. The van der Waals surface area contributed by atoms with Gasteiger partial charge in [-0.05, 0) is 36.0 Å². The van der Waals surface area contributed by atoms with Crippen molar-refractivity contribution in [1.82, 2.24) is 4.90 Å². The first-order chi connectivity index (χ1) is 14.0. The quantitative estimate of drug-likeness (QED) is 0.359. The topological polar surface area (TPSA) is 67.6 Å². The molecule has 1 saturated heterocycles. The highest BCUT2D eigenvalue weighted by Crippen LogP contribution is 2.33. The van der Waals surface area contributed by atoms with Crippen LogP contribution >= 0.6 is 27.7 Å². The van der Waals surface area contributed by atoms with E-state index in [9.17, 15) is 14.4 Å². The maximum Gasteiger partial charge on any atom is 0.293 e. The number of carbonyl (C=O) groups is 3. The van der Waals surface area contributed by atoms with Gasteiger partial charge in [0.2, 0.25) is 0 Å². The van der Waals surface area contributed by atoms with Crippen molar-refractivity contribution in [2.75, 3.05) is 6.54 Å². The molecular formula is C22H14BrNO4S. The van der Waals surface area contributed by atoms with Crippen LogP contribution in [0.2, 0.25) is 0 Å². The van der Waals surface area contributed by atoms with Crippen molar-refractivity contribution in [3.63, 3.8) is 0 Å². The molecule has 0 unspecified atom stereocenters. The summed E-state index contributed by atoms with van der Waals surface area (Å²) < 4.78 is 6.61. The third-order valence-electron chi connectivity index (χ3n) is 4.30. The van der Waals surface area contributed by atoms with E-state index in [1.54, 1.807) is 30.3 Å². The molecule has 0 radical (unpaired) electrons. The van der Waals surface area contributed by atoms with E-state index in [0.29, 0.717) is 17.1 Å². The van der Waals surface area contributed by atoms with Gasteiger partial charge in [-0.15, -0.1) is 0 Å². The molecule has 5 nitrogen and oxygen atoms in total. The minimum absolute atomic E-state index is 0.229. The molecule has 3 aromatic rings. The van der Waals surface area contributed by atoms with Crippen molar-refractivity contribution >= 4 is 50.7 Å². The molecule has 1 fully saturated rings. The molecule has 0 bridgehead atoms. The second-order valence-corrected chi connectivity index (χ2v) is 8.17. The largest absolute Gasteiger partial charge is 0.457 e. The van der Waals surface area contributed by atoms with Gasteiger partial charge in [0.05, 0.1) is 11.4 Å². The fourth-order valence-electron chi connectivity index (χ4n) is 2.82. The molecule has 0 saturated carbocycles. The van der Waals surface area contributed by atoms with Gasteiger partial charge in [0.15, 0.2) is 5.78 Å². The molecule has 2 heterocycles. The molecule has 144 valence electrons. The summed E-state index contributed by atoms with van der Waals surface area (Å²) in [5, 5.41) is -0.471. The molecule has 0 atom stereocenters. The molecular weight excluding hydrogens is 454 g/mol. The standard InChI is InChI=1S/C22H14BrNO4S/c23-16-8-6-14(7-9-16)18(25)13-24-21(26)20(29-22(24)27)12-17-10-11-19(28-17)15-4-2-1-3-5-15/h1-12H,13H2/b20-12-. The Balaban J connectivity index is 1.50. The van der Waals surface area contributed by atoms with Crippen LogP contribution < -0.4 is 0 Å². The van der Waals surface area contributed by atoms with Gasteiger partial charge in [-0.25, -0.2) is 0 Å². The van der Waals surface area contributed by atoms with Crippen LogP contribution in [0.1, 0.15) is 16.1 Å². The molecule has 0 N–H and O–H groups in total. The zero-order valence-corrected chi connectivity index (χ0v) is 17.4. The van der Waals surface area contributed by atoms with Gasteiger partial charge in [-0.3, -0.25) is 19.3 Å². The van der Waals surface area contributed by atoms with Crippen LogP contribution in [0.4, 0.5) is 4.79 Å². The highest BCUT2D eigenvalue weighted by Gasteiger charge is 2.36. The fourth-order valence-corrected chi connectivity index (χ4v) is 3.91. The number of furan rings is 1. The second kappa shape index (κ2) is 8.23. The van der Waals surface area contributed by atoms with E-state index < -0.39 is 11.1 Å². The number of imide groups is 1. The lowest BCUT2D eigenvalue weighted by Gasteiger charge is -2.11. The van der Waals surface area contributed by atoms with Gasteiger partial charge in [0.25, 0.3) is 11.1 Å². The summed E-state index contributed by atoms with van der Waals surface area (Å²) in [4.78, 5) is 38.5. The predicted molar refractivity (Wildman–Crippen MR) is 115 cm³/mol. The monoisotopic (exact) mass is 467 g/mol. The maximum atomic E-state index is 12.6. The van der Waals surface area contributed by atoms with E-state index in [1.165, 1.54) is 6.08 Å². The maximum absolute atomic E-state index is 12.6. The number of halogens is 1. The number of hydrogen-bond donors (Lipinski definition) is 0. The Morgan fingerprint density at radius 1 is 1.00 bits per heavy atom. The average Bonchev–Trinajstić information content (AvgIpc) is 3.30. The van der Waals surface area contributed by atoms with Crippen molar-refractivity contribution < 1.29 is 18.8 Å². The molecule has 1 aliphatic heterocycles. The lowest BCUT2D eigenvalue weighted by molar-refractivity contribution is -0.122. The van der Waals surface area contributed by atoms with Crippen LogP contribution in [0.5, 0.6) is 0 Å². The van der Waals surface area contributed by atoms with E-state index in [2.05, 4.69) is 15.9 Å². The summed E-state index contributed by atoms with van der Waals surface area (Å²) >= 11 is 4.11. The van der Waals surface area contributed by atoms with E-state index in [4.69, 9.17) is 4.42 Å². The Morgan fingerprint density at radius 3 is 2.45 bits per heavy atom. The minimum Gasteiger partial charge on any atom is -0.457 e. The lowest BCUT2D eigenvalue weighted by Crippen LogP contribution is -2.33. The first-order valence-corrected chi connectivity index (χ1v) is 10.3. The van der Waals surface area contributed by atoms with Gasteiger partial charge >= 0.3 is 0 Å². The lowest BCUT2D eigenvalue weighted by atomic mass is 10.1. The molecule has 7 heteroatoms. The third kappa shape index (κ3) is 4.26. The van der Waals surface area contributed by atoms with Crippen molar-refractivity contribution in [2.24, 2.45) is 0 Å². The third-order valence-corrected chi connectivity index (χ3v) is 5.74. The van der Waals surface area contributed by atoms with E-state index in [1.807, 2.05) is 36.4 Å². The zero-order chi connectivity index (χ0) is 20.4. The molecule has 1 aliphatic rings. The molecule has 2 aromatic carbocycles. The summed E-state index contributed by atoms with van der Waals surface area (Å²) in [5.74, 6) is 0.337. The van der Waals surface area contributed by atoms with Crippen LogP contribution in [-0.2, 0) is 4.79 Å². The number of Topliss-reactive ketones (excluding diaryl/α,β-unsaturated/α-hetero) is 1. The van der Waals surface area contributed by atoms with Crippen LogP contribution in [-0.4, -0.2) is 28.4 Å². The Labute approximate surface area is 179 Å². The van der Waals surface area contributed by atoms with Gasteiger partial charge in [-0.1, -0.05) is 58.4 Å². The average molecular weight is 468 g/mol. The number of rotatable bonds is 5. The zero-order valence-electron chi connectivity index (χ0n) is 15.0. The Morgan fingerprint density at radius 2 is 1.72 bits per heavy atom. The molecule has 2 amide bonds. The summed E-state index contributed by atoms with van der Waals surface area (Å²) in [6.45, 7) is -0.295. The highest BCUT2D eigenvalue weighted by atomic mass is 79.9. The second-order valence-electron chi connectivity index (χ2n) is 6.27. The molecule has 4 rings (SSSR count). The minimum atomic E-state index is -0.497. The fraction of sp³-hybridized carbons (Fsp3) is 0.0455. The van der Waals surface area contributed by atoms with Gasteiger partial charge < -0.3 is 4.42 Å². The SMILES string of the molecule is O=C(CN1C(=O)S/C(=C\c2ccc(-c3ccccc3)o2)C1=O)c1ccc(Br)cc1. The Hall–Kier alpha value is -2.90. The predicted octanol–water partition coefficient (Wildman–Crippen LogP) is 5.63. The normalized spacial score (nSPS) is 15.3. The molecule has 0 aliphatic carbocycles. The number of hydrogen-bond acceptors (Lipinski definition) is 5. The Bertz CT molecular complexity index is 1120. The molecule has 29 heavy (non-hydrogen) atoms. The smallest absolute Gasteiger partial charge is 0.293 e. The Kier molecular flexibility index (Phi) is 5.51. The number of nitrogens with zero attached hydrogens (tertiary/aromatic N) is 1. The van der Waals surface area contributed by atoms with Gasteiger partial charge in [0, 0.05) is 21.7 Å². The number of carbonyl (C=O) groups excluding carboxylic acids is 3. The summed E-state index contributed by atoms with van der Waals surface area (Å²) in [5.41, 5.74) is 1.36. The van der Waals surface area contributed by atoms with E-state index >= 15 is 0 Å². The van der Waals surface area contributed by atoms with Crippen LogP contribution in [0.15, 0.2) is 80.5 Å². The number of ketones is 1. The number of thioether (sulfide) groups is 1. The van der Waals surface area contributed by atoms with Gasteiger partial charge in [-0.2, -0.15) is 0 Å². The first-order valence-electron chi connectivity index (χ1n) is 8.70. The van der Waals surface area contributed by atoms with Crippen LogP contribution in [0.3, 0.4) is 0 Å². The van der Waals surface area contributed by atoms with Crippen molar-refractivity contribution in [3.8, 4) is 11.3 Å². The number of benzene rings is 2. The summed E-state index contributed by atoms with van der Waals surface area (Å²) in [6.07, 6.45) is 1.53. The van der Waals surface area contributed by atoms with E-state index in [0.717, 1.165) is 26.7 Å².